The summed E-state index contributed by atoms with van der Waals surface area (Å²) in [5.41, 5.74) is -0.287. The Morgan fingerprint density at radius 1 is 2.00 bits per heavy atom. The first kappa shape index (κ1) is 5.27. The van der Waals surface area contributed by atoms with Crippen molar-refractivity contribution in [2.24, 2.45) is 0 Å². The maximum absolute atomic E-state index is 8.26. The van der Waals surface area contributed by atoms with Crippen LogP contribution >= 0.6 is 12.2 Å². The van der Waals surface area contributed by atoms with E-state index in [9.17, 15) is 0 Å². The zero-order valence-electron chi connectivity index (χ0n) is 3.01. The Labute approximate surface area is 39.4 Å². The summed E-state index contributed by atoms with van der Waals surface area (Å²) in [6.45, 7) is 0. The fourth-order valence-electron chi connectivity index (χ4n) is 0. The number of aliphatic hydroxyl groups is 1. The van der Waals surface area contributed by atoms with Crippen molar-refractivity contribution in [1.29, 1.82) is 0 Å². The fourth-order valence-corrected chi connectivity index (χ4v) is 0. The minimum Gasteiger partial charge on any atom is -0.393 e. The zero-order chi connectivity index (χ0) is 4.28. The first-order valence-electron chi connectivity index (χ1n) is 1.40. The molecule has 0 fully saturated rings. The average molecular weight is 106 g/mol. The first-order valence-corrected chi connectivity index (χ1v) is 3.03. The van der Waals surface area contributed by atoms with E-state index in [1.807, 2.05) is 0 Å². The van der Waals surface area contributed by atoms with Crippen LogP contribution in [0.4, 0.5) is 0 Å². The van der Waals surface area contributed by atoms with Crippen molar-refractivity contribution < 1.29 is 5.11 Å². The molecule has 0 amide bonds. The van der Waals surface area contributed by atoms with Crippen molar-refractivity contribution in [3.63, 3.8) is 0 Å². The molecular formula is C2H6OSSi. The van der Waals surface area contributed by atoms with Crippen molar-refractivity contribution in [1.82, 2.24) is 0 Å². The Kier molecular flexibility index (Phi) is 2.63. The van der Waals surface area contributed by atoms with Gasteiger partial charge in [0.2, 0.25) is 0 Å². The fraction of sp³-hybridized carbons (Fsp3) is 0.500. The van der Waals surface area contributed by atoms with Crippen LogP contribution in [0.15, 0.2) is 0 Å². The first-order chi connectivity index (χ1) is 2.27. The van der Waals surface area contributed by atoms with E-state index < -0.39 is 0 Å². The van der Waals surface area contributed by atoms with E-state index >= 15 is 0 Å². The van der Waals surface area contributed by atoms with Gasteiger partial charge in [0.15, 0.2) is 0 Å². The highest BCUT2D eigenvalue weighted by Gasteiger charge is 1.77. The third-order valence-electron chi connectivity index (χ3n) is 0.197. The summed E-state index contributed by atoms with van der Waals surface area (Å²) in [4.78, 5) is 0. The van der Waals surface area contributed by atoms with E-state index in [-0.39, 0.29) is 5.73 Å². The van der Waals surface area contributed by atoms with Gasteiger partial charge in [0, 0.05) is 15.6 Å². The van der Waals surface area contributed by atoms with Gasteiger partial charge in [-0.1, -0.05) is 12.2 Å². The zero-order valence-corrected chi connectivity index (χ0v) is 5.83. The molecule has 0 aliphatic heterocycles. The third kappa shape index (κ3) is 4.27. The molecule has 0 aliphatic rings. The molecule has 0 aliphatic carbocycles. The summed E-state index contributed by atoms with van der Waals surface area (Å²) in [6.07, 6.45) is 0. The molecule has 0 aromatic heterocycles. The molecule has 1 atom stereocenters. The van der Waals surface area contributed by atoms with E-state index in [1.165, 1.54) is 5.37 Å². The van der Waals surface area contributed by atoms with Gasteiger partial charge in [-0.05, 0) is 0 Å². The van der Waals surface area contributed by atoms with E-state index in [1.54, 1.807) is 0 Å². The number of rotatable bonds is 1. The minimum absolute atomic E-state index is 0.287. The Balaban J connectivity index is 2.83. The highest BCUT2D eigenvalue weighted by molar-refractivity contribution is 7.79. The summed E-state index contributed by atoms with van der Waals surface area (Å²) in [6, 6.07) is 0. The molecular weight excluding hydrogens is 100 g/mol. The van der Waals surface area contributed by atoms with Gasteiger partial charge in [-0.2, -0.15) is 0 Å². The summed E-state index contributed by atoms with van der Waals surface area (Å²) in [5, 5.41) is 9.63. The quantitative estimate of drug-likeness (QED) is 0.330. The molecule has 30 valence electrons. The molecule has 0 bridgehead atoms. The number of hydrogen-bond acceptors (Lipinski definition) is 2. The Morgan fingerprint density at radius 2 is 2.20 bits per heavy atom. The minimum atomic E-state index is -0.287. The molecule has 0 radical (unpaired) electrons. The second-order valence-electron chi connectivity index (χ2n) is 0.877. The molecule has 0 saturated carbocycles. The lowest BCUT2D eigenvalue weighted by molar-refractivity contribution is 0.325. The van der Waals surface area contributed by atoms with Crippen LogP contribution in [0.5, 0.6) is 0 Å². The molecule has 1 nitrogen and oxygen atoms in total. The Bertz CT molecular complexity index is 36.6. The number of thiocarbonyl (C=S) groups is 1. The number of aliphatic hydroxyl groups excluding tert-OH is 1. The Morgan fingerprint density at radius 3 is 2.20 bits per heavy atom. The predicted molar refractivity (Wildman–Crippen MR) is 29.6 cm³/mol. The van der Waals surface area contributed by atoms with Crippen LogP contribution in [-0.2, 0) is 0 Å². The van der Waals surface area contributed by atoms with E-state index in [4.69, 9.17) is 5.11 Å². The molecule has 0 heterocycles. The summed E-state index contributed by atoms with van der Waals surface area (Å²) < 4.78 is 0. The van der Waals surface area contributed by atoms with E-state index in [0.717, 1.165) is 10.2 Å². The van der Waals surface area contributed by atoms with Crippen LogP contribution in [0.2, 0.25) is 0 Å². The van der Waals surface area contributed by atoms with Crippen LogP contribution in [-0.4, -0.2) is 26.4 Å². The lowest BCUT2D eigenvalue weighted by Crippen LogP contribution is -2.03. The van der Waals surface area contributed by atoms with E-state index in [0.29, 0.717) is 0 Å². The van der Waals surface area contributed by atoms with Crippen LogP contribution in [0.1, 0.15) is 0 Å². The van der Waals surface area contributed by atoms with Gasteiger partial charge >= 0.3 is 0 Å². The smallest absolute Gasteiger partial charge is 0.0620 e. The number of hydrogen-bond donors (Lipinski definition) is 1. The molecule has 0 spiro atoms. The molecule has 1 unspecified atom stereocenters. The van der Waals surface area contributed by atoms with Crippen molar-refractivity contribution in [2.45, 2.75) is 5.73 Å². The van der Waals surface area contributed by atoms with Crippen molar-refractivity contribution in [3.8, 4) is 0 Å². The van der Waals surface area contributed by atoms with Gasteiger partial charge in [0.05, 0.1) is 5.73 Å². The van der Waals surface area contributed by atoms with Crippen LogP contribution < -0.4 is 0 Å². The standard InChI is InChI=1S/C2H6OSSi/c3-2(5)1-4/h1-3H,5H3. The third-order valence-corrected chi connectivity index (χ3v) is 1.41. The molecule has 1 N–H and O–H groups in total. The maximum atomic E-state index is 8.26. The van der Waals surface area contributed by atoms with Gasteiger partial charge in [-0.15, -0.1) is 0 Å². The monoisotopic (exact) mass is 106 g/mol. The highest BCUT2D eigenvalue weighted by Crippen LogP contribution is 1.59. The lowest BCUT2D eigenvalue weighted by atomic mass is 10.9. The summed E-state index contributed by atoms with van der Waals surface area (Å²) >= 11 is 4.34. The van der Waals surface area contributed by atoms with Gasteiger partial charge < -0.3 is 5.11 Å². The van der Waals surface area contributed by atoms with Crippen LogP contribution in [0, 0.1) is 0 Å². The molecule has 3 heteroatoms. The SMILES string of the molecule is OC([SiH3])C=S. The highest BCUT2D eigenvalue weighted by atomic mass is 32.1. The van der Waals surface area contributed by atoms with Gasteiger partial charge in [0.25, 0.3) is 0 Å². The maximum Gasteiger partial charge on any atom is 0.0620 e. The molecule has 0 aromatic rings. The van der Waals surface area contributed by atoms with Crippen molar-refractivity contribution >= 4 is 27.8 Å². The summed E-state index contributed by atoms with van der Waals surface area (Å²) in [7, 11) is 0.765. The Hall–Kier alpha value is 0.267. The van der Waals surface area contributed by atoms with Gasteiger partial charge in [0.1, 0.15) is 0 Å². The van der Waals surface area contributed by atoms with Crippen molar-refractivity contribution in [3.05, 3.63) is 0 Å². The largest absolute Gasteiger partial charge is 0.393 e. The molecule has 0 saturated heterocycles. The van der Waals surface area contributed by atoms with Gasteiger partial charge in [-0.3, -0.25) is 0 Å². The molecule has 5 heavy (non-hydrogen) atoms. The normalized spacial score (nSPS) is 14.6. The van der Waals surface area contributed by atoms with Crippen molar-refractivity contribution in [2.75, 3.05) is 0 Å². The average Bonchev–Trinajstić information content (AvgIpc) is 1.38. The predicted octanol–water partition coefficient (Wildman–Crippen LogP) is -1.33. The van der Waals surface area contributed by atoms with Gasteiger partial charge in [-0.25, -0.2) is 0 Å². The second kappa shape index (κ2) is 2.50. The van der Waals surface area contributed by atoms with Crippen LogP contribution in [0.25, 0.3) is 0 Å². The summed E-state index contributed by atoms with van der Waals surface area (Å²) in [5.74, 6) is 0. The molecule has 0 aromatic carbocycles. The topological polar surface area (TPSA) is 20.2 Å². The lowest BCUT2D eigenvalue weighted by Gasteiger charge is -1.82. The van der Waals surface area contributed by atoms with E-state index in [2.05, 4.69) is 12.2 Å². The second-order valence-corrected chi connectivity index (χ2v) is 2.33. The van der Waals surface area contributed by atoms with Crippen LogP contribution in [0.3, 0.4) is 0 Å². The molecule has 0 rings (SSSR count).